The first-order valence-corrected chi connectivity index (χ1v) is 6.96. The number of carbonyl (C=O) groups excluding carboxylic acids is 1. The second-order valence-electron chi connectivity index (χ2n) is 4.88. The van der Waals surface area contributed by atoms with E-state index in [2.05, 4.69) is 15.6 Å². The molecular weight excluding hydrogens is 294 g/mol. The second kappa shape index (κ2) is 6.15. The number of nitrogens with zero attached hydrogens (tertiary/aromatic N) is 4. The number of hydrogen-bond acceptors (Lipinski definition) is 5. The minimum absolute atomic E-state index is 0.325. The van der Waals surface area contributed by atoms with Gasteiger partial charge in [-0.2, -0.15) is 5.26 Å². The fourth-order valence-corrected chi connectivity index (χ4v) is 1.99. The van der Waals surface area contributed by atoms with Crippen LogP contribution in [0.4, 0.5) is 5.69 Å². The lowest BCUT2D eigenvalue weighted by molar-refractivity contribution is -0.127. The van der Waals surface area contributed by atoms with Crippen molar-refractivity contribution in [3.8, 4) is 6.07 Å². The number of anilines is 1. The van der Waals surface area contributed by atoms with Crippen molar-refractivity contribution in [2.45, 2.75) is 13.0 Å². The molecule has 0 aliphatic heterocycles. The topological polar surface area (TPSA) is 92.8 Å². The molecule has 0 saturated carbocycles. The Labute approximate surface area is 132 Å². The Morgan fingerprint density at radius 2 is 2.00 bits per heavy atom. The summed E-state index contributed by atoms with van der Waals surface area (Å²) in [6.07, 6.45) is -0.768. The van der Waals surface area contributed by atoms with Gasteiger partial charge in [0.1, 0.15) is 11.0 Å². The summed E-state index contributed by atoms with van der Waals surface area (Å²) >= 11 is 0. The molecule has 0 spiro atoms. The third-order valence-corrected chi connectivity index (χ3v) is 3.23. The lowest BCUT2D eigenvalue weighted by atomic mass is 10.2. The van der Waals surface area contributed by atoms with Crippen LogP contribution in [0.3, 0.4) is 0 Å². The summed E-state index contributed by atoms with van der Waals surface area (Å²) in [4.78, 5) is 18.9. The van der Waals surface area contributed by atoms with E-state index in [1.54, 1.807) is 37.3 Å². The number of rotatable bonds is 4. The maximum Gasteiger partial charge on any atom is 0.267 e. The summed E-state index contributed by atoms with van der Waals surface area (Å²) in [5.74, 6) is -0.325. The predicted octanol–water partition coefficient (Wildman–Crippen LogP) is 1.76. The lowest BCUT2D eigenvalue weighted by Crippen LogP contribution is -2.35. The number of hydrogen-bond donors (Lipinski definition) is 1. The number of para-hydroxylation sites is 1. The Hall–Kier alpha value is -3.40. The zero-order chi connectivity index (χ0) is 16.2. The molecule has 1 heterocycles. The van der Waals surface area contributed by atoms with Gasteiger partial charge in [-0.15, -0.1) is 5.10 Å². The van der Waals surface area contributed by atoms with Crippen LogP contribution in [0.15, 0.2) is 48.5 Å². The first kappa shape index (κ1) is 14.5. The summed E-state index contributed by atoms with van der Waals surface area (Å²) in [5, 5.41) is 19.3. The lowest BCUT2D eigenvalue weighted by Gasteiger charge is -2.13. The molecule has 114 valence electrons. The summed E-state index contributed by atoms with van der Waals surface area (Å²) in [5.41, 5.74) is 2.49. The molecule has 1 atom stereocenters. The van der Waals surface area contributed by atoms with Crippen LogP contribution >= 0.6 is 0 Å². The van der Waals surface area contributed by atoms with Crippen molar-refractivity contribution in [3.63, 3.8) is 0 Å². The van der Waals surface area contributed by atoms with Crippen molar-refractivity contribution in [3.05, 3.63) is 54.1 Å². The van der Waals surface area contributed by atoms with E-state index in [-0.39, 0.29) is 5.91 Å². The molecule has 3 rings (SSSR count). The maximum absolute atomic E-state index is 12.2. The van der Waals surface area contributed by atoms with Crippen LogP contribution in [-0.2, 0) is 4.79 Å². The van der Waals surface area contributed by atoms with Crippen LogP contribution in [-0.4, -0.2) is 27.2 Å². The molecule has 0 fully saturated rings. The smallest absolute Gasteiger partial charge is 0.267 e. The highest BCUT2D eigenvalue weighted by atomic mass is 16.7. The predicted molar refractivity (Wildman–Crippen MR) is 83.4 cm³/mol. The number of nitriles is 1. The maximum atomic E-state index is 12.2. The van der Waals surface area contributed by atoms with Crippen LogP contribution in [0, 0.1) is 11.3 Å². The van der Waals surface area contributed by atoms with E-state index in [1.165, 1.54) is 4.85 Å². The fraction of sp³-hybridized carbons (Fsp3) is 0.125. The van der Waals surface area contributed by atoms with Gasteiger partial charge in [-0.3, -0.25) is 4.79 Å². The molecule has 0 radical (unpaired) electrons. The van der Waals surface area contributed by atoms with E-state index in [4.69, 9.17) is 10.1 Å². The molecule has 0 saturated heterocycles. The van der Waals surface area contributed by atoms with Crippen molar-refractivity contribution < 1.29 is 9.63 Å². The monoisotopic (exact) mass is 307 g/mol. The normalized spacial score (nSPS) is 11.7. The van der Waals surface area contributed by atoms with Gasteiger partial charge in [-0.1, -0.05) is 17.0 Å². The zero-order valence-corrected chi connectivity index (χ0v) is 12.3. The van der Waals surface area contributed by atoms with E-state index in [1.807, 2.05) is 24.3 Å². The van der Waals surface area contributed by atoms with Crippen molar-refractivity contribution >= 4 is 22.6 Å². The summed E-state index contributed by atoms with van der Waals surface area (Å²) in [7, 11) is 0. The molecule has 7 nitrogen and oxygen atoms in total. The highest BCUT2D eigenvalue weighted by Gasteiger charge is 2.17. The fourth-order valence-electron chi connectivity index (χ4n) is 1.99. The molecule has 0 bridgehead atoms. The standard InChI is InChI=1S/C16H13N5O2/c1-11(16(22)18-13-8-6-12(10-17)7-9-13)23-21-15-5-3-2-4-14(15)19-20-21/h2-9,11H,1H3,(H,18,22)/t11-/m0/s1. The van der Waals surface area contributed by atoms with Gasteiger partial charge in [0.15, 0.2) is 0 Å². The van der Waals surface area contributed by atoms with Crippen molar-refractivity contribution in [1.82, 2.24) is 15.2 Å². The van der Waals surface area contributed by atoms with E-state index < -0.39 is 6.10 Å². The first-order valence-electron chi connectivity index (χ1n) is 6.96. The molecule has 0 aliphatic rings. The molecule has 23 heavy (non-hydrogen) atoms. The molecule has 3 aromatic rings. The zero-order valence-electron chi connectivity index (χ0n) is 12.3. The van der Waals surface area contributed by atoms with E-state index in [9.17, 15) is 4.79 Å². The van der Waals surface area contributed by atoms with Crippen LogP contribution in [0.5, 0.6) is 0 Å². The molecular formula is C16H13N5O2. The van der Waals surface area contributed by atoms with E-state index in [0.717, 1.165) is 0 Å². The van der Waals surface area contributed by atoms with Crippen LogP contribution in [0.1, 0.15) is 12.5 Å². The molecule has 2 aromatic carbocycles. The van der Waals surface area contributed by atoms with Crippen molar-refractivity contribution in [2.24, 2.45) is 0 Å². The van der Waals surface area contributed by atoms with Crippen LogP contribution in [0.25, 0.3) is 11.0 Å². The minimum atomic E-state index is -0.768. The van der Waals surface area contributed by atoms with Crippen molar-refractivity contribution in [2.75, 3.05) is 5.32 Å². The van der Waals surface area contributed by atoms with Crippen LogP contribution < -0.4 is 10.2 Å². The molecule has 0 unspecified atom stereocenters. The molecule has 1 amide bonds. The van der Waals surface area contributed by atoms with Crippen LogP contribution in [0.2, 0.25) is 0 Å². The minimum Gasteiger partial charge on any atom is -0.382 e. The van der Waals surface area contributed by atoms with Gasteiger partial charge in [0.25, 0.3) is 5.91 Å². The number of amides is 1. The molecule has 1 N–H and O–H groups in total. The van der Waals surface area contributed by atoms with Gasteiger partial charge in [0, 0.05) is 5.69 Å². The Bertz CT molecular complexity index is 879. The molecule has 1 aromatic heterocycles. The van der Waals surface area contributed by atoms with Gasteiger partial charge in [0.05, 0.1) is 11.6 Å². The number of fused-ring (bicyclic) bond motifs is 1. The molecule has 7 heteroatoms. The SMILES string of the molecule is C[C@H](On1nnc2ccccc21)C(=O)Nc1ccc(C#N)cc1. The number of aromatic nitrogens is 3. The Morgan fingerprint density at radius 1 is 1.26 bits per heavy atom. The third-order valence-electron chi connectivity index (χ3n) is 3.23. The van der Waals surface area contributed by atoms with Gasteiger partial charge in [-0.25, -0.2) is 0 Å². The summed E-state index contributed by atoms with van der Waals surface area (Å²) in [6, 6.07) is 15.9. The highest BCUT2D eigenvalue weighted by molar-refractivity contribution is 5.94. The van der Waals surface area contributed by atoms with E-state index >= 15 is 0 Å². The Balaban J connectivity index is 1.68. The van der Waals surface area contributed by atoms with Gasteiger partial charge in [0.2, 0.25) is 6.10 Å². The Kier molecular flexibility index (Phi) is 3.89. The summed E-state index contributed by atoms with van der Waals surface area (Å²) < 4.78 is 0. The van der Waals surface area contributed by atoms with Crippen molar-refractivity contribution in [1.29, 1.82) is 5.26 Å². The van der Waals surface area contributed by atoms with E-state index in [0.29, 0.717) is 22.3 Å². The average Bonchev–Trinajstić information content (AvgIpc) is 2.98. The number of carbonyl (C=O) groups is 1. The molecule has 0 aliphatic carbocycles. The van der Waals surface area contributed by atoms with Gasteiger partial charge in [-0.05, 0) is 48.5 Å². The third kappa shape index (κ3) is 3.11. The van der Waals surface area contributed by atoms with Gasteiger partial charge >= 0.3 is 0 Å². The largest absolute Gasteiger partial charge is 0.382 e. The average molecular weight is 307 g/mol. The highest BCUT2D eigenvalue weighted by Crippen LogP contribution is 2.11. The first-order chi connectivity index (χ1) is 11.2. The quantitative estimate of drug-likeness (QED) is 0.792. The number of nitrogens with one attached hydrogen (secondary N) is 1. The second-order valence-corrected chi connectivity index (χ2v) is 4.88. The van der Waals surface area contributed by atoms with Gasteiger partial charge < -0.3 is 10.2 Å². The summed E-state index contributed by atoms with van der Waals surface area (Å²) in [6.45, 7) is 1.62. The Morgan fingerprint density at radius 3 is 2.74 bits per heavy atom. The number of benzene rings is 2.